The Bertz CT molecular complexity index is 1030. The minimum atomic E-state index is -4.69. The Morgan fingerprint density at radius 3 is 2.55 bits per heavy atom. The average Bonchev–Trinajstić information content (AvgIpc) is 2.83. The number of carbonyl (C=O) groups is 1. The standard InChI is InChI=1S/C23H28F2N2O5S/c1-27(19-9-12-31-13-10-19)11-14-32-20-4-2-3-17(15-20)16-26-22(28)18-5-7-21(8-6-18)33(29,30)23(24)25/h2-8,15,19,23H,9-14,16H2,1H3,(H,26,28). The van der Waals surface area contributed by atoms with Gasteiger partial charge in [0.15, 0.2) is 0 Å². The number of ether oxygens (including phenoxy) is 2. The van der Waals surface area contributed by atoms with Gasteiger partial charge in [-0.05, 0) is 61.9 Å². The molecule has 1 aliphatic rings. The van der Waals surface area contributed by atoms with Crippen LogP contribution >= 0.6 is 0 Å². The fraction of sp³-hybridized carbons (Fsp3) is 0.435. The van der Waals surface area contributed by atoms with E-state index in [0.29, 0.717) is 18.4 Å². The molecule has 1 N–H and O–H groups in total. The molecule has 1 amide bonds. The monoisotopic (exact) mass is 482 g/mol. The van der Waals surface area contributed by atoms with E-state index in [1.807, 2.05) is 24.3 Å². The van der Waals surface area contributed by atoms with Crippen molar-refractivity contribution in [3.05, 3.63) is 59.7 Å². The van der Waals surface area contributed by atoms with Gasteiger partial charge in [-0.25, -0.2) is 8.42 Å². The van der Waals surface area contributed by atoms with Gasteiger partial charge in [-0.2, -0.15) is 8.78 Å². The first-order valence-electron chi connectivity index (χ1n) is 10.7. The minimum absolute atomic E-state index is 0.173. The van der Waals surface area contributed by atoms with E-state index in [9.17, 15) is 22.0 Å². The summed E-state index contributed by atoms with van der Waals surface area (Å²) in [6.07, 6.45) is 2.05. The van der Waals surface area contributed by atoms with Crippen molar-refractivity contribution in [3.8, 4) is 5.75 Å². The highest BCUT2D eigenvalue weighted by Crippen LogP contribution is 2.19. The van der Waals surface area contributed by atoms with Crippen LogP contribution in [0.4, 0.5) is 8.78 Å². The predicted molar refractivity (Wildman–Crippen MR) is 119 cm³/mol. The molecule has 0 unspecified atom stereocenters. The lowest BCUT2D eigenvalue weighted by molar-refractivity contribution is 0.0392. The van der Waals surface area contributed by atoms with Gasteiger partial charge in [0.05, 0.1) is 4.90 Å². The Labute approximate surface area is 192 Å². The van der Waals surface area contributed by atoms with Crippen molar-refractivity contribution < 1.29 is 31.5 Å². The van der Waals surface area contributed by atoms with Crippen LogP contribution in [-0.4, -0.2) is 64.4 Å². The van der Waals surface area contributed by atoms with Crippen LogP contribution in [0.15, 0.2) is 53.4 Å². The Morgan fingerprint density at radius 1 is 1.18 bits per heavy atom. The molecule has 1 saturated heterocycles. The zero-order chi connectivity index (χ0) is 23.8. The molecule has 10 heteroatoms. The third-order valence-electron chi connectivity index (χ3n) is 5.56. The van der Waals surface area contributed by atoms with Crippen molar-refractivity contribution in [3.63, 3.8) is 0 Å². The average molecular weight is 483 g/mol. The molecule has 0 atom stereocenters. The summed E-state index contributed by atoms with van der Waals surface area (Å²) in [5.74, 6) is -3.25. The van der Waals surface area contributed by atoms with E-state index in [1.54, 1.807) is 0 Å². The molecule has 2 aromatic rings. The zero-order valence-electron chi connectivity index (χ0n) is 18.4. The third kappa shape index (κ3) is 6.96. The van der Waals surface area contributed by atoms with E-state index < -0.39 is 26.4 Å². The second-order valence-electron chi connectivity index (χ2n) is 7.83. The Hall–Kier alpha value is -2.56. The molecule has 7 nitrogen and oxygen atoms in total. The van der Waals surface area contributed by atoms with E-state index in [0.717, 1.165) is 50.3 Å². The number of halogens is 2. The number of carbonyl (C=O) groups excluding carboxylic acids is 1. The van der Waals surface area contributed by atoms with Crippen molar-refractivity contribution in [2.45, 2.75) is 36.1 Å². The van der Waals surface area contributed by atoms with Gasteiger partial charge in [-0.15, -0.1) is 0 Å². The smallest absolute Gasteiger partial charge is 0.341 e. The van der Waals surface area contributed by atoms with Crippen LogP contribution in [0.25, 0.3) is 0 Å². The van der Waals surface area contributed by atoms with Gasteiger partial charge in [0.25, 0.3) is 5.91 Å². The van der Waals surface area contributed by atoms with Gasteiger partial charge in [-0.3, -0.25) is 9.69 Å². The number of benzene rings is 2. The maximum atomic E-state index is 12.6. The second kappa shape index (κ2) is 11.5. The molecule has 3 rings (SSSR count). The van der Waals surface area contributed by atoms with Crippen LogP contribution in [0.1, 0.15) is 28.8 Å². The molecule has 0 saturated carbocycles. The number of alkyl halides is 2. The van der Waals surface area contributed by atoms with Gasteiger partial charge < -0.3 is 14.8 Å². The highest BCUT2D eigenvalue weighted by atomic mass is 32.2. The number of amides is 1. The molecule has 0 bridgehead atoms. The minimum Gasteiger partial charge on any atom is -0.492 e. The van der Waals surface area contributed by atoms with Crippen LogP contribution < -0.4 is 10.1 Å². The number of likely N-dealkylation sites (N-methyl/N-ethyl adjacent to an activating group) is 1. The highest BCUT2D eigenvalue weighted by Gasteiger charge is 2.26. The van der Waals surface area contributed by atoms with Crippen molar-refractivity contribution in [1.82, 2.24) is 10.2 Å². The first-order valence-corrected chi connectivity index (χ1v) is 12.2. The molecule has 0 spiro atoms. The van der Waals surface area contributed by atoms with Crippen LogP contribution in [-0.2, 0) is 21.1 Å². The molecule has 1 heterocycles. The maximum absolute atomic E-state index is 12.6. The summed E-state index contributed by atoms with van der Waals surface area (Å²) in [6.45, 7) is 3.15. The van der Waals surface area contributed by atoms with Crippen molar-refractivity contribution in [2.75, 3.05) is 33.4 Å². The number of sulfone groups is 1. The molecule has 0 radical (unpaired) electrons. The molecular weight excluding hydrogens is 454 g/mol. The molecule has 1 aliphatic heterocycles. The summed E-state index contributed by atoms with van der Waals surface area (Å²) >= 11 is 0. The highest BCUT2D eigenvalue weighted by molar-refractivity contribution is 7.91. The topological polar surface area (TPSA) is 84.9 Å². The summed E-state index contributed by atoms with van der Waals surface area (Å²) in [7, 11) is -2.60. The van der Waals surface area contributed by atoms with Crippen LogP contribution in [0.5, 0.6) is 5.75 Å². The van der Waals surface area contributed by atoms with Gasteiger partial charge in [0, 0.05) is 37.9 Å². The quantitative estimate of drug-likeness (QED) is 0.560. The third-order valence-corrected chi connectivity index (χ3v) is 6.96. The number of hydrogen-bond donors (Lipinski definition) is 1. The second-order valence-corrected chi connectivity index (χ2v) is 9.75. The summed E-state index contributed by atoms with van der Waals surface area (Å²) < 4.78 is 59.4. The van der Waals surface area contributed by atoms with E-state index in [4.69, 9.17) is 9.47 Å². The normalized spacial score (nSPS) is 15.1. The van der Waals surface area contributed by atoms with Crippen LogP contribution in [0, 0.1) is 0 Å². The van der Waals surface area contributed by atoms with Gasteiger partial charge in [0.1, 0.15) is 12.4 Å². The fourth-order valence-corrected chi connectivity index (χ4v) is 4.27. The van der Waals surface area contributed by atoms with Crippen molar-refractivity contribution in [2.24, 2.45) is 0 Å². The molecule has 2 aromatic carbocycles. The molecule has 33 heavy (non-hydrogen) atoms. The lowest BCUT2D eigenvalue weighted by atomic mass is 10.1. The first kappa shape index (κ1) is 25.1. The lowest BCUT2D eigenvalue weighted by Gasteiger charge is -2.31. The summed E-state index contributed by atoms with van der Waals surface area (Å²) in [4.78, 5) is 14.1. The molecular formula is C23H28F2N2O5S. The van der Waals surface area contributed by atoms with E-state index in [2.05, 4.69) is 17.3 Å². The first-order chi connectivity index (χ1) is 15.8. The van der Waals surface area contributed by atoms with Gasteiger partial charge >= 0.3 is 5.76 Å². The SMILES string of the molecule is CN(CCOc1cccc(CNC(=O)c2ccc(S(=O)(=O)C(F)F)cc2)c1)C1CCOCC1. The molecule has 0 aliphatic carbocycles. The summed E-state index contributed by atoms with van der Waals surface area (Å²) in [5.41, 5.74) is 1.00. The summed E-state index contributed by atoms with van der Waals surface area (Å²) in [6, 6.07) is 12.3. The number of nitrogens with one attached hydrogen (secondary N) is 1. The number of nitrogens with zero attached hydrogens (tertiary/aromatic N) is 1. The number of rotatable bonds is 10. The van der Waals surface area contributed by atoms with E-state index in [-0.39, 0.29) is 12.1 Å². The van der Waals surface area contributed by atoms with Crippen molar-refractivity contribution in [1.29, 1.82) is 0 Å². The largest absolute Gasteiger partial charge is 0.492 e. The lowest BCUT2D eigenvalue weighted by Crippen LogP contribution is -2.38. The Balaban J connectivity index is 1.48. The maximum Gasteiger partial charge on any atom is 0.341 e. The van der Waals surface area contributed by atoms with Crippen LogP contribution in [0.2, 0.25) is 0 Å². The van der Waals surface area contributed by atoms with Crippen molar-refractivity contribution >= 4 is 15.7 Å². The van der Waals surface area contributed by atoms with E-state index in [1.165, 1.54) is 12.1 Å². The Kier molecular flexibility index (Phi) is 8.76. The zero-order valence-corrected chi connectivity index (χ0v) is 19.2. The molecule has 0 aromatic heterocycles. The van der Waals surface area contributed by atoms with E-state index >= 15 is 0 Å². The molecule has 180 valence electrons. The number of hydrogen-bond acceptors (Lipinski definition) is 6. The fourth-order valence-electron chi connectivity index (χ4n) is 3.54. The van der Waals surface area contributed by atoms with Gasteiger partial charge in [0.2, 0.25) is 9.84 Å². The van der Waals surface area contributed by atoms with Gasteiger partial charge in [-0.1, -0.05) is 12.1 Å². The predicted octanol–water partition coefficient (Wildman–Crippen LogP) is 3.10. The summed E-state index contributed by atoms with van der Waals surface area (Å²) in [5, 5.41) is 2.73. The Morgan fingerprint density at radius 2 is 1.88 bits per heavy atom. The van der Waals surface area contributed by atoms with Crippen LogP contribution in [0.3, 0.4) is 0 Å². The molecule has 1 fully saturated rings.